The highest BCUT2D eigenvalue weighted by atomic mass is 15.2. The zero-order valence-electron chi connectivity index (χ0n) is 10.7. The Kier molecular flexibility index (Phi) is 5.62. The van der Waals surface area contributed by atoms with Crippen molar-refractivity contribution in [2.24, 2.45) is 11.7 Å². The van der Waals surface area contributed by atoms with E-state index in [4.69, 9.17) is 5.73 Å². The molecule has 0 aromatic heterocycles. The lowest BCUT2D eigenvalue weighted by molar-refractivity contribution is 0.104. The fourth-order valence-electron chi connectivity index (χ4n) is 2.70. The SMILES string of the molecule is CCCC(CCC)N1CCC(N)C(C)C1. The minimum Gasteiger partial charge on any atom is -0.327 e. The van der Waals surface area contributed by atoms with Crippen LogP contribution in [0.15, 0.2) is 0 Å². The van der Waals surface area contributed by atoms with E-state index in [-0.39, 0.29) is 0 Å². The molecule has 1 saturated heterocycles. The van der Waals surface area contributed by atoms with Crippen molar-refractivity contribution in [1.82, 2.24) is 4.90 Å². The Bertz CT molecular complexity index is 164. The third-order valence-corrected chi connectivity index (χ3v) is 3.76. The second-order valence-corrected chi connectivity index (χ2v) is 5.16. The van der Waals surface area contributed by atoms with Gasteiger partial charge in [0.2, 0.25) is 0 Å². The average molecular weight is 212 g/mol. The van der Waals surface area contributed by atoms with Crippen LogP contribution in [0, 0.1) is 5.92 Å². The summed E-state index contributed by atoms with van der Waals surface area (Å²) in [5.41, 5.74) is 6.06. The average Bonchev–Trinajstić information content (AvgIpc) is 2.22. The third kappa shape index (κ3) is 3.76. The van der Waals surface area contributed by atoms with Gasteiger partial charge in [0.15, 0.2) is 0 Å². The van der Waals surface area contributed by atoms with Gasteiger partial charge < -0.3 is 10.6 Å². The molecular weight excluding hydrogens is 184 g/mol. The Balaban J connectivity index is 2.45. The predicted molar refractivity (Wildman–Crippen MR) is 66.9 cm³/mol. The first-order valence-corrected chi connectivity index (χ1v) is 6.68. The standard InChI is InChI=1S/C13H28N2/c1-4-6-12(7-5-2)15-9-8-13(14)11(3)10-15/h11-13H,4-10,14H2,1-3H3. The summed E-state index contributed by atoms with van der Waals surface area (Å²) in [4.78, 5) is 2.68. The molecular formula is C13H28N2. The molecule has 0 aromatic rings. The maximum absolute atomic E-state index is 6.06. The van der Waals surface area contributed by atoms with Crippen molar-refractivity contribution in [1.29, 1.82) is 0 Å². The van der Waals surface area contributed by atoms with Gasteiger partial charge in [-0.15, -0.1) is 0 Å². The molecule has 2 unspecified atom stereocenters. The molecule has 2 heteroatoms. The predicted octanol–water partition coefficient (Wildman–Crippen LogP) is 2.62. The van der Waals surface area contributed by atoms with E-state index in [2.05, 4.69) is 25.7 Å². The molecule has 0 bridgehead atoms. The van der Waals surface area contributed by atoms with E-state index in [1.807, 2.05) is 0 Å². The van der Waals surface area contributed by atoms with E-state index in [9.17, 15) is 0 Å². The monoisotopic (exact) mass is 212 g/mol. The number of rotatable bonds is 5. The van der Waals surface area contributed by atoms with Crippen molar-refractivity contribution in [3.63, 3.8) is 0 Å². The van der Waals surface area contributed by atoms with Gasteiger partial charge in [0.05, 0.1) is 0 Å². The van der Waals surface area contributed by atoms with Crippen LogP contribution in [0.25, 0.3) is 0 Å². The molecule has 90 valence electrons. The maximum Gasteiger partial charge on any atom is 0.00951 e. The van der Waals surface area contributed by atoms with Crippen LogP contribution >= 0.6 is 0 Å². The second-order valence-electron chi connectivity index (χ2n) is 5.16. The molecule has 1 fully saturated rings. The van der Waals surface area contributed by atoms with E-state index < -0.39 is 0 Å². The molecule has 2 N–H and O–H groups in total. The van der Waals surface area contributed by atoms with E-state index in [0.29, 0.717) is 12.0 Å². The van der Waals surface area contributed by atoms with Crippen LogP contribution in [0.3, 0.4) is 0 Å². The third-order valence-electron chi connectivity index (χ3n) is 3.76. The van der Waals surface area contributed by atoms with Crippen LogP contribution in [-0.2, 0) is 0 Å². The summed E-state index contributed by atoms with van der Waals surface area (Å²) in [5, 5.41) is 0. The van der Waals surface area contributed by atoms with Gasteiger partial charge in [0.25, 0.3) is 0 Å². The molecule has 1 aliphatic heterocycles. The van der Waals surface area contributed by atoms with E-state index in [0.717, 1.165) is 6.04 Å². The lowest BCUT2D eigenvalue weighted by Crippen LogP contribution is -2.49. The highest BCUT2D eigenvalue weighted by molar-refractivity contribution is 4.83. The number of piperidine rings is 1. The first-order valence-electron chi connectivity index (χ1n) is 6.68. The number of likely N-dealkylation sites (tertiary alicyclic amines) is 1. The van der Waals surface area contributed by atoms with Crippen molar-refractivity contribution >= 4 is 0 Å². The molecule has 0 amide bonds. The van der Waals surface area contributed by atoms with Crippen LogP contribution in [0.2, 0.25) is 0 Å². The molecule has 1 rings (SSSR count). The van der Waals surface area contributed by atoms with Crippen molar-refractivity contribution in [2.45, 2.75) is 65.0 Å². The zero-order chi connectivity index (χ0) is 11.3. The minimum atomic E-state index is 0.435. The van der Waals surface area contributed by atoms with E-state index in [1.165, 1.54) is 45.2 Å². The van der Waals surface area contributed by atoms with Gasteiger partial charge in [-0.3, -0.25) is 0 Å². The van der Waals surface area contributed by atoms with Gasteiger partial charge >= 0.3 is 0 Å². The lowest BCUT2D eigenvalue weighted by Gasteiger charge is -2.40. The summed E-state index contributed by atoms with van der Waals surface area (Å²) in [5.74, 6) is 0.676. The molecule has 1 aliphatic rings. The van der Waals surface area contributed by atoms with Crippen molar-refractivity contribution in [2.75, 3.05) is 13.1 Å². The first kappa shape index (κ1) is 13.0. The topological polar surface area (TPSA) is 29.3 Å². The molecule has 0 radical (unpaired) electrons. The first-order chi connectivity index (χ1) is 7.19. The Labute approximate surface area is 95.2 Å². The van der Waals surface area contributed by atoms with Crippen LogP contribution in [-0.4, -0.2) is 30.1 Å². The normalized spacial score (nSPS) is 28.6. The fourth-order valence-corrected chi connectivity index (χ4v) is 2.70. The molecule has 2 atom stereocenters. The summed E-state index contributed by atoms with van der Waals surface area (Å²) in [6.45, 7) is 9.32. The molecule has 1 heterocycles. The largest absolute Gasteiger partial charge is 0.327 e. The smallest absolute Gasteiger partial charge is 0.00951 e. The van der Waals surface area contributed by atoms with Crippen LogP contribution in [0.5, 0.6) is 0 Å². The summed E-state index contributed by atoms with van der Waals surface area (Å²) < 4.78 is 0. The van der Waals surface area contributed by atoms with Gasteiger partial charge in [-0.2, -0.15) is 0 Å². The highest BCUT2D eigenvalue weighted by Crippen LogP contribution is 2.21. The summed E-state index contributed by atoms with van der Waals surface area (Å²) in [7, 11) is 0. The van der Waals surface area contributed by atoms with E-state index in [1.54, 1.807) is 0 Å². The van der Waals surface area contributed by atoms with Gasteiger partial charge in [0.1, 0.15) is 0 Å². The lowest BCUT2D eigenvalue weighted by atomic mass is 9.92. The Hall–Kier alpha value is -0.0800. The van der Waals surface area contributed by atoms with Crippen molar-refractivity contribution in [3.8, 4) is 0 Å². The number of nitrogens with zero attached hydrogens (tertiary/aromatic N) is 1. The Morgan fingerprint density at radius 1 is 1.27 bits per heavy atom. The van der Waals surface area contributed by atoms with Crippen molar-refractivity contribution in [3.05, 3.63) is 0 Å². The summed E-state index contributed by atoms with van der Waals surface area (Å²) in [6, 6.07) is 1.25. The molecule has 0 aromatic carbocycles. The van der Waals surface area contributed by atoms with Gasteiger partial charge in [0, 0.05) is 18.6 Å². The maximum atomic E-state index is 6.06. The quantitative estimate of drug-likeness (QED) is 0.759. The van der Waals surface area contributed by atoms with Crippen LogP contribution in [0.1, 0.15) is 52.9 Å². The fraction of sp³-hybridized carbons (Fsp3) is 1.00. The van der Waals surface area contributed by atoms with E-state index >= 15 is 0 Å². The highest BCUT2D eigenvalue weighted by Gasteiger charge is 2.26. The van der Waals surface area contributed by atoms with Crippen LogP contribution in [0.4, 0.5) is 0 Å². The molecule has 15 heavy (non-hydrogen) atoms. The molecule has 0 saturated carbocycles. The Morgan fingerprint density at radius 2 is 1.87 bits per heavy atom. The summed E-state index contributed by atoms with van der Waals surface area (Å²) in [6.07, 6.45) is 6.51. The molecule has 2 nitrogen and oxygen atoms in total. The number of nitrogens with two attached hydrogens (primary N) is 1. The van der Waals surface area contributed by atoms with Crippen molar-refractivity contribution < 1.29 is 0 Å². The Morgan fingerprint density at radius 3 is 2.33 bits per heavy atom. The van der Waals surface area contributed by atoms with Gasteiger partial charge in [-0.1, -0.05) is 33.6 Å². The molecule has 0 aliphatic carbocycles. The summed E-state index contributed by atoms with van der Waals surface area (Å²) >= 11 is 0. The zero-order valence-corrected chi connectivity index (χ0v) is 10.7. The van der Waals surface area contributed by atoms with Gasteiger partial charge in [-0.05, 0) is 31.7 Å². The minimum absolute atomic E-state index is 0.435. The van der Waals surface area contributed by atoms with Crippen LogP contribution < -0.4 is 5.73 Å². The number of hydrogen-bond donors (Lipinski definition) is 1. The van der Waals surface area contributed by atoms with Gasteiger partial charge in [-0.25, -0.2) is 0 Å². The number of hydrogen-bond acceptors (Lipinski definition) is 2. The second kappa shape index (κ2) is 6.49. The molecule has 0 spiro atoms.